The normalized spacial score (nSPS) is 10.2. The molecule has 2 aromatic heterocycles. The van der Waals surface area contributed by atoms with E-state index in [1.54, 1.807) is 17.4 Å². The zero-order valence-electron chi connectivity index (χ0n) is 10.8. The average Bonchev–Trinajstić information content (AvgIpc) is 2.82. The van der Waals surface area contributed by atoms with E-state index in [1.165, 1.54) is 23.1 Å². The van der Waals surface area contributed by atoms with E-state index in [-0.39, 0.29) is 0 Å². The Hall–Kier alpha value is -2.08. The number of anilines is 2. The minimum atomic E-state index is -0.454. The van der Waals surface area contributed by atoms with Crippen molar-refractivity contribution < 1.29 is 9.53 Å². The van der Waals surface area contributed by atoms with Crippen LogP contribution >= 0.6 is 11.3 Å². The van der Waals surface area contributed by atoms with E-state index in [9.17, 15) is 4.79 Å². The number of carbonyl (C=O) groups excluding carboxylic acids is 1. The lowest BCUT2D eigenvalue weighted by Gasteiger charge is -2.09. The molecule has 0 radical (unpaired) electrons. The summed E-state index contributed by atoms with van der Waals surface area (Å²) in [7, 11) is 1.33. The van der Waals surface area contributed by atoms with Crippen LogP contribution in [0.3, 0.4) is 0 Å². The first-order valence-corrected chi connectivity index (χ1v) is 6.55. The van der Waals surface area contributed by atoms with E-state index >= 15 is 0 Å². The number of nitrogens with two attached hydrogens (primary N) is 1. The second-order valence-electron chi connectivity index (χ2n) is 4.02. The van der Waals surface area contributed by atoms with Gasteiger partial charge in [-0.25, -0.2) is 9.78 Å². The fourth-order valence-corrected chi connectivity index (χ4v) is 2.47. The molecule has 0 aromatic carbocycles. The standard InChI is InChI=1S/C13H15N3O2S/c1-8-3-4-10(19-8)7-16-12-11(13(17)18-2)5-9(14)6-15-12/h3-6H,7,14H2,1-2H3,(H,15,16). The first kappa shape index (κ1) is 13.4. The quantitative estimate of drug-likeness (QED) is 0.839. The van der Waals surface area contributed by atoms with Gasteiger partial charge in [0.25, 0.3) is 0 Å². The number of methoxy groups -OCH3 is 1. The van der Waals surface area contributed by atoms with Gasteiger partial charge in [0.2, 0.25) is 0 Å². The minimum Gasteiger partial charge on any atom is -0.465 e. The van der Waals surface area contributed by atoms with E-state index in [4.69, 9.17) is 10.5 Å². The number of aryl methyl sites for hydroxylation is 1. The van der Waals surface area contributed by atoms with Gasteiger partial charge in [-0.2, -0.15) is 0 Å². The lowest BCUT2D eigenvalue weighted by Crippen LogP contribution is -2.10. The molecule has 19 heavy (non-hydrogen) atoms. The van der Waals surface area contributed by atoms with Crippen molar-refractivity contribution in [2.24, 2.45) is 0 Å². The molecule has 0 bridgehead atoms. The predicted molar refractivity (Wildman–Crippen MR) is 76.4 cm³/mol. The van der Waals surface area contributed by atoms with Crippen LogP contribution in [-0.2, 0) is 11.3 Å². The molecule has 0 fully saturated rings. The van der Waals surface area contributed by atoms with Crippen LogP contribution in [0.5, 0.6) is 0 Å². The van der Waals surface area contributed by atoms with Crippen LogP contribution < -0.4 is 11.1 Å². The maximum absolute atomic E-state index is 11.6. The molecular weight excluding hydrogens is 262 g/mol. The summed E-state index contributed by atoms with van der Waals surface area (Å²) in [5.74, 6) is 0.0248. The Labute approximate surface area is 115 Å². The first-order valence-electron chi connectivity index (χ1n) is 5.73. The van der Waals surface area contributed by atoms with Gasteiger partial charge >= 0.3 is 5.97 Å². The summed E-state index contributed by atoms with van der Waals surface area (Å²) >= 11 is 1.70. The van der Waals surface area contributed by atoms with E-state index in [0.29, 0.717) is 23.6 Å². The molecule has 0 unspecified atom stereocenters. The molecule has 0 atom stereocenters. The van der Waals surface area contributed by atoms with Crippen LogP contribution in [-0.4, -0.2) is 18.1 Å². The van der Waals surface area contributed by atoms with Crippen LogP contribution in [0.2, 0.25) is 0 Å². The van der Waals surface area contributed by atoms with Crippen LogP contribution in [0.1, 0.15) is 20.1 Å². The number of nitrogens with zero attached hydrogens (tertiary/aromatic N) is 1. The Balaban J connectivity index is 2.17. The van der Waals surface area contributed by atoms with Crippen LogP contribution in [0.25, 0.3) is 0 Å². The fraction of sp³-hybridized carbons (Fsp3) is 0.231. The number of carbonyl (C=O) groups is 1. The van der Waals surface area contributed by atoms with Gasteiger partial charge in [-0.3, -0.25) is 0 Å². The van der Waals surface area contributed by atoms with E-state index in [2.05, 4.69) is 23.3 Å². The Morgan fingerprint density at radius 1 is 1.53 bits per heavy atom. The predicted octanol–water partition coefficient (Wildman–Crippen LogP) is 2.43. The summed E-state index contributed by atoms with van der Waals surface area (Å²) in [5, 5.41) is 3.13. The molecule has 0 amide bonds. The minimum absolute atomic E-state index is 0.343. The third-order valence-electron chi connectivity index (χ3n) is 2.54. The maximum Gasteiger partial charge on any atom is 0.341 e. The molecule has 5 nitrogen and oxygen atoms in total. The Kier molecular flexibility index (Phi) is 4.01. The highest BCUT2D eigenvalue weighted by Gasteiger charge is 2.13. The smallest absolute Gasteiger partial charge is 0.341 e. The second kappa shape index (κ2) is 5.71. The monoisotopic (exact) mass is 277 g/mol. The van der Waals surface area contributed by atoms with E-state index in [0.717, 1.165) is 0 Å². The number of rotatable bonds is 4. The SMILES string of the molecule is COC(=O)c1cc(N)cnc1NCc1ccc(C)s1. The largest absolute Gasteiger partial charge is 0.465 e. The topological polar surface area (TPSA) is 77.2 Å². The number of hydrogen-bond acceptors (Lipinski definition) is 6. The second-order valence-corrected chi connectivity index (χ2v) is 5.39. The molecule has 2 rings (SSSR count). The van der Waals surface area contributed by atoms with Crippen molar-refractivity contribution in [3.8, 4) is 0 Å². The Morgan fingerprint density at radius 2 is 2.32 bits per heavy atom. The Morgan fingerprint density at radius 3 is 2.95 bits per heavy atom. The van der Waals surface area contributed by atoms with Gasteiger partial charge < -0.3 is 15.8 Å². The zero-order chi connectivity index (χ0) is 13.8. The maximum atomic E-state index is 11.6. The van der Waals surface area contributed by atoms with Crippen molar-refractivity contribution in [3.63, 3.8) is 0 Å². The lowest BCUT2D eigenvalue weighted by atomic mass is 10.2. The number of aromatic nitrogens is 1. The van der Waals surface area contributed by atoms with Gasteiger partial charge in [0, 0.05) is 9.75 Å². The molecule has 0 aliphatic carbocycles. The highest BCUT2D eigenvalue weighted by molar-refractivity contribution is 7.11. The first-order chi connectivity index (χ1) is 9.10. The van der Waals surface area contributed by atoms with Gasteiger partial charge in [-0.15, -0.1) is 11.3 Å². The van der Waals surface area contributed by atoms with Gasteiger partial charge in [-0.05, 0) is 25.1 Å². The van der Waals surface area contributed by atoms with Gasteiger partial charge in [-0.1, -0.05) is 0 Å². The van der Waals surface area contributed by atoms with Crippen molar-refractivity contribution in [3.05, 3.63) is 39.7 Å². The molecule has 0 spiro atoms. The fourth-order valence-electron chi connectivity index (χ4n) is 1.64. The lowest BCUT2D eigenvalue weighted by molar-refractivity contribution is 0.0601. The summed E-state index contributed by atoms with van der Waals surface area (Å²) in [6.45, 7) is 2.66. The zero-order valence-corrected chi connectivity index (χ0v) is 11.6. The van der Waals surface area contributed by atoms with Gasteiger partial charge in [0.05, 0.1) is 25.5 Å². The number of nitrogen functional groups attached to an aromatic ring is 1. The van der Waals surface area contributed by atoms with Crippen molar-refractivity contribution >= 4 is 28.8 Å². The third-order valence-corrected chi connectivity index (χ3v) is 3.54. The number of thiophene rings is 1. The molecule has 6 heteroatoms. The van der Waals surface area contributed by atoms with E-state index in [1.807, 2.05) is 6.07 Å². The summed E-state index contributed by atoms with van der Waals surface area (Å²) in [4.78, 5) is 18.2. The molecule has 0 aliphatic heterocycles. The number of ether oxygens (including phenoxy) is 1. The summed E-state index contributed by atoms with van der Waals surface area (Å²) in [6, 6.07) is 5.66. The molecule has 3 N–H and O–H groups in total. The van der Waals surface area contributed by atoms with Gasteiger partial charge in [0.1, 0.15) is 11.4 Å². The molecule has 2 aromatic rings. The van der Waals surface area contributed by atoms with Crippen LogP contribution in [0, 0.1) is 6.92 Å². The van der Waals surface area contributed by atoms with Crippen molar-refractivity contribution in [1.29, 1.82) is 0 Å². The number of nitrogens with one attached hydrogen (secondary N) is 1. The van der Waals surface area contributed by atoms with Crippen LogP contribution in [0.4, 0.5) is 11.5 Å². The molecule has 100 valence electrons. The van der Waals surface area contributed by atoms with Crippen molar-refractivity contribution in [2.45, 2.75) is 13.5 Å². The third kappa shape index (κ3) is 3.23. The molecule has 0 saturated heterocycles. The molecule has 0 aliphatic rings. The summed E-state index contributed by atoms with van der Waals surface area (Å²) in [6.07, 6.45) is 1.51. The molecule has 2 heterocycles. The van der Waals surface area contributed by atoms with Crippen molar-refractivity contribution in [1.82, 2.24) is 4.98 Å². The van der Waals surface area contributed by atoms with Gasteiger partial charge in [0.15, 0.2) is 0 Å². The number of hydrogen-bond donors (Lipinski definition) is 2. The van der Waals surface area contributed by atoms with E-state index < -0.39 is 5.97 Å². The number of esters is 1. The molecule has 0 saturated carbocycles. The highest BCUT2D eigenvalue weighted by Crippen LogP contribution is 2.20. The summed E-state index contributed by atoms with van der Waals surface area (Å²) in [5.41, 5.74) is 6.41. The average molecular weight is 277 g/mol. The molecular formula is C13H15N3O2S. The number of pyridine rings is 1. The van der Waals surface area contributed by atoms with Crippen molar-refractivity contribution in [2.75, 3.05) is 18.2 Å². The van der Waals surface area contributed by atoms with Crippen LogP contribution in [0.15, 0.2) is 24.4 Å². The Bertz CT molecular complexity index is 595. The highest BCUT2D eigenvalue weighted by atomic mass is 32.1. The summed E-state index contributed by atoms with van der Waals surface area (Å²) < 4.78 is 4.72.